The number of anilines is 1. The van der Waals surface area contributed by atoms with Gasteiger partial charge in [-0.05, 0) is 31.6 Å². The molecule has 1 aliphatic carbocycles. The van der Waals surface area contributed by atoms with E-state index in [1.807, 2.05) is 31.2 Å². The van der Waals surface area contributed by atoms with E-state index in [2.05, 4.69) is 23.2 Å². The van der Waals surface area contributed by atoms with Crippen molar-refractivity contribution >= 4 is 34.0 Å². The molecule has 0 spiro atoms. The Morgan fingerprint density at radius 2 is 2.13 bits per heavy atom. The van der Waals surface area contributed by atoms with E-state index < -0.39 is 5.92 Å². The number of carbonyl (C=O) groups excluding carboxylic acids is 1. The molecule has 1 unspecified atom stereocenters. The maximum Gasteiger partial charge on any atom is 0.219 e. The van der Waals surface area contributed by atoms with Gasteiger partial charge in [-0.15, -0.1) is 10.2 Å². The molecule has 160 valence electrons. The average Bonchev–Trinajstić information content (AvgIpc) is 3.22. The number of para-hydroxylation sites is 1. The summed E-state index contributed by atoms with van der Waals surface area (Å²) in [5, 5.41) is 19.3. The summed E-state index contributed by atoms with van der Waals surface area (Å²) >= 11 is 3.02. The van der Waals surface area contributed by atoms with Crippen molar-refractivity contribution in [3.63, 3.8) is 0 Å². The first-order chi connectivity index (χ1) is 15.1. The number of ketones is 1. The van der Waals surface area contributed by atoms with Gasteiger partial charge in [0.1, 0.15) is 11.6 Å². The third kappa shape index (κ3) is 3.82. The molecule has 9 heteroatoms. The summed E-state index contributed by atoms with van der Waals surface area (Å²) in [6.45, 7) is 4.45. The van der Waals surface area contributed by atoms with Gasteiger partial charge >= 0.3 is 0 Å². The van der Waals surface area contributed by atoms with Crippen LogP contribution in [0.1, 0.15) is 44.6 Å². The molecule has 31 heavy (non-hydrogen) atoms. The Kier molecular flexibility index (Phi) is 6.30. The Morgan fingerprint density at radius 1 is 1.32 bits per heavy atom. The van der Waals surface area contributed by atoms with E-state index in [1.54, 1.807) is 16.7 Å². The minimum atomic E-state index is -0.552. The summed E-state index contributed by atoms with van der Waals surface area (Å²) in [5.74, 6) is 1.33. The van der Waals surface area contributed by atoms with Gasteiger partial charge in [0.25, 0.3) is 0 Å². The number of nitriles is 1. The van der Waals surface area contributed by atoms with Crippen LogP contribution in [0.15, 0.2) is 51.3 Å². The van der Waals surface area contributed by atoms with E-state index in [0.29, 0.717) is 47.3 Å². The highest BCUT2D eigenvalue weighted by Gasteiger charge is 2.42. The van der Waals surface area contributed by atoms with E-state index in [1.165, 1.54) is 11.3 Å². The molecule has 0 radical (unpaired) electrons. The Hall–Kier alpha value is -2.83. The Balaban J connectivity index is 1.92. The van der Waals surface area contributed by atoms with Crippen molar-refractivity contribution in [2.75, 3.05) is 17.3 Å². The average molecular weight is 454 g/mol. The molecule has 0 saturated heterocycles. The van der Waals surface area contributed by atoms with Crippen LogP contribution < -0.4 is 15.4 Å². The lowest BCUT2D eigenvalue weighted by molar-refractivity contribution is -0.116. The van der Waals surface area contributed by atoms with Crippen molar-refractivity contribution in [3.8, 4) is 11.8 Å². The molecule has 2 N–H and O–H groups in total. The van der Waals surface area contributed by atoms with Crippen LogP contribution in [0.5, 0.6) is 5.75 Å². The van der Waals surface area contributed by atoms with Crippen LogP contribution >= 0.6 is 23.1 Å². The summed E-state index contributed by atoms with van der Waals surface area (Å²) in [7, 11) is 0. The first-order valence-electron chi connectivity index (χ1n) is 10.2. The van der Waals surface area contributed by atoms with Crippen LogP contribution in [0.4, 0.5) is 5.13 Å². The third-order valence-corrected chi connectivity index (χ3v) is 7.22. The molecule has 0 bridgehead atoms. The largest absolute Gasteiger partial charge is 0.494 e. The number of Topliss-reactive ketones (excluding diaryl/α,β-unsaturated/α-hetero) is 1. The fourth-order valence-corrected chi connectivity index (χ4v) is 5.87. The fourth-order valence-electron chi connectivity index (χ4n) is 4.10. The van der Waals surface area contributed by atoms with Crippen LogP contribution in [0.25, 0.3) is 0 Å². The van der Waals surface area contributed by atoms with Gasteiger partial charge in [0, 0.05) is 23.3 Å². The van der Waals surface area contributed by atoms with Crippen molar-refractivity contribution in [1.29, 1.82) is 5.26 Å². The predicted molar refractivity (Wildman–Crippen MR) is 122 cm³/mol. The van der Waals surface area contributed by atoms with E-state index >= 15 is 0 Å². The normalized spacial score (nSPS) is 18.8. The van der Waals surface area contributed by atoms with Gasteiger partial charge in [0.15, 0.2) is 10.1 Å². The van der Waals surface area contributed by atoms with Gasteiger partial charge in [0.05, 0.1) is 24.2 Å². The predicted octanol–water partition coefficient (Wildman–Crippen LogP) is 4.35. The maximum absolute atomic E-state index is 13.2. The molecule has 1 aliphatic heterocycles. The second-order valence-corrected chi connectivity index (χ2v) is 9.54. The summed E-state index contributed by atoms with van der Waals surface area (Å²) in [6, 6.07) is 9.82. The number of nitrogens with zero attached hydrogens (tertiary/aromatic N) is 4. The fraction of sp³-hybridized carbons (Fsp3) is 0.364. The van der Waals surface area contributed by atoms with Crippen LogP contribution in [-0.4, -0.2) is 28.3 Å². The lowest BCUT2D eigenvalue weighted by Crippen LogP contribution is -2.38. The van der Waals surface area contributed by atoms with Gasteiger partial charge in [-0.1, -0.05) is 48.2 Å². The zero-order valence-corrected chi connectivity index (χ0v) is 19.1. The number of hydrogen-bond acceptors (Lipinski definition) is 9. The number of nitrogens with two attached hydrogens (primary N) is 1. The molecule has 1 atom stereocenters. The molecule has 2 heterocycles. The van der Waals surface area contributed by atoms with E-state index in [9.17, 15) is 10.1 Å². The number of carbonyl (C=O) groups is 1. The molecule has 1 aromatic carbocycles. The highest BCUT2D eigenvalue weighted by atomic mass is 32.2. The SMILES string of the molecule is CCOc1ccccc1C1C(C#N)=C(N)N(c2nnc(SCC)s2)C2=C1C(=O)CCC2. The zero-order chi connectivity index (χ0) is 22.0. The van der Waals surface area contributed by atoms with Gasteiger partial charge in [-0.2, -0.15) is 5.26 Å². The van der Waals surface area contributed by atoms with Gasteiger partial charge < -0.3 is 10.5 Å². The number of ether oxygens (including phenoxy) is 1. The molecule has 4 rings (SSSR count). The molecule has 0 fully saturated rings. The molecule has 0 amide bonds. The molecular weight excluding hydrogens is 430 g/mol. The molecular formula is C22H23N5O2S2. The number of hydrogen-bond donors (Lipinski definition) is 1. The van der Waals surface area contributed by atoms with Crippen molar-refractivity contribution < 1.29 is 9.53 Å². The topological polar surface area (TPSA) is 105 Å². The number of thioether (sulfide) groups is 1. The number of aromatic nitrogens is 2. The van der Waals surface area contributed by atoms with E-state index in [4.69, 9.17) is 10.5 Å². The standard InChI is InChI=1S/C22H23N5O2S2/c1-3-29-17-11-6-5-8-13(17)18-14(12-23)20(24)27(15-9-7-10-16(28)19(15)18)21-25-26-22(31-21)30-4-2/h5-6,8,11,18H,3-4,7,9-10,24H2,1-2H3. The third-order valence-electron chi connectivity index (χ3n) is 5.30. The molecule has 7 nitrogen and oxygen atoms in total. The van der Waals surface area contributed by atoms with Crippen molar-refractivity contribution in [2.24, 2.45) is 5.73 Å². The summed E-state index contributed by atoms with van der Waals surface area (Å²) < 4.78 is 6.66. The van der Waals surface area contributed by atoms with Crippen LogP contribution in [0.2, 0.25) is 0 Å². The number of rotatable bonds is 6. The van der Waals surface area contributed by atoms with Crippen molar-refractivity contribution in [1.82, 2.24) is 10.2 Å². The highest BCUT2D eigenvalue weighted by Crippen LogP contribution is 2.48. The van der Waals surface area contributed by atoms with Crippen LogP contribution in [0.3, 0.4) is 0 Å². The summed E-state index contributed by atoms with van der Waals surface area (Å²) in [4.78, 5) is 15.0. The Bertz CT molecular complexity index is 1120. The molecule has 2 aromatic rings. The van der Waals surface area contributed by atoms with E-state index in [-0.39, 0.29) is 5.78 Å². The molecule has 0 saturated carbocycles. The minimum Gasteiger partial charge on any atom is -0.494 e. The van der Waals surface area contributed by atoms with Crippen molar-refractivity contribution in [3.05, 3.63) is 52.5 Å². The first kappa shape index (κ1) is 21.4. The quantitative estimate of drug-likeness (QED) is 0.644. The zero-order valence-electron chi connectivity index (χ0n) is 17.4. The Labute approximate surface area is 189 Å². The first-order valence-corrected chi connectivity index (χ1v) is 12.0. The minimum absolute atomic E-state index is 0.0375. The van der Waals surface area contributed by atoms with E-state index in [0.717, 1.165) is 27.8 Å². The lowest BCUT2D eigenvalue weighted by Gasteiger charge is -2.38. The van der Waals surface area contributed by atoms with Crippen molar-refractivity contribution in [2.45, 2.75) is 43.4 Å². The summed E-state index contributed by atoms with van der Waals surface area (Å²) in [6.07, 6.45) is 1.87. The van der Waals surface area contributed by atoms with Gasteiger partial charge in [0.2, 0.25) is 5.13 Å². The number of allylic oxidation sites excluding steroid dienone is 3. The van der Waals surface area contributed by atoms with Crippen LogP contribution in [-0.2, 0) is 4.79 Å². The van der Waals surface area contributed by atoms with Gasteiger partial charge in [-0.3, -0.25) is 9.69 Å². The highest BCUT2D eigenvalue weighted by molar-refractivity contribution is 8.01. The maximum atomic E-state index is 13.2. The number of benzene rings is 1. The smallest absolute Gasteiger partial charge is 0.219 e. The second kappa shape index (κ2) is 9.12. The molecule has 2 aliphatic rings. The van der Waals surface area contributed by atoms with Gasteiger partial charge in [-0.25, -0.2) is 0 Å². The second-order valence-electron chi connectivity index (χ2n) is 7.07. The van der Waals surface area contributed by atoms with Crippen LogP contribution in [0, 0.1) is 11.3 Å². The lowest BCUT2D eigenvalue weighted by atomic mass is 9.75. The molecule has 1 aromatic heterocycles. The summed E-state index contributed by atoms with van der Waals surface area (Å²) in [5.41, 5.74) is 9.13. The Morgan fingerprint density at radius 3 is 2.87 bits per heavy atom. The monoisotopic (exact) mass is 453 g/mol.